The van der Waals surface area contributed by atoms with Crippen LogP contribution in [-0.2, 0) is 6.42 Å². The topological polar surface area (TPSA) is 9.23 Å². The minimum absolute atomic E-state index is 0.142. The summed E-state index contributed by atoms with van der Waals surface area (Å²) in [5.41, 5.74) is 2.31. The molecule has 1 nitrogen and oxygen atoms in total. The van der Waals surface area contributed by atoms with Crippen LogP contribution in [0.15, 0.2) is 24.8 Å². The van der Waals surface area contributed by atoms with Gasteiger partial charge in [0.2, 0.25) is 0 Å². The molecule has 0 heterocycles. The van der Waals surface area contributed by atoms with E-state index in [2.05, 4.69) is 52.5 Å². The SMILES string of the molecule is C=Cc1ccc(OC(C)(C)C)c(CCCC)c1. The van der Waals surface area contributed by atoms with Crippen molar-refractivity contribution in [2.45, 2.75) is 52.6 Å². The fraction of sp³-hybridized carbons (Fsp3) is 0.500. The fourth-order valence-electron chi connectivity index (χ4n) is 1.72. The summed E-state index contributed by atoms with van der Waals surface area (Å²) in [4.78, 5) is 0. The Morgan fingerprint density at radius 2 is 2.00 bits per heavy atom. The van der Waals surface area contributed by atoms with Gasteiger partial charge >= 0.3 is 0 Å². The van der Waals surface area contributed by atoms with Gasteiger partial charge in [-0.15, -0.1) is 0 Å². The second-order valence-electron chi connectivity index (χ2n) is 5.39. The van der Waals surface area contributed by atoms with Crippen LogP contribution in [0.3, 0.4) is 0 Å². The van der Waals surface area contributed by atoms with Gasteiger partial charge in [0.05, 0.1) is 0 Å². The van der Waals surface area contributed by atoms with E-state index in [0.717, 1.165) is 17.7 Å². The van der Waals surface area contributed by atoms with Crippen molar-refractivity contribution in [1.29, 1.82) is 0 Å². The Morgan fingerprint density at radius 3 is 2.53 bits per heavy atom. The summed E-state index contributed by atoms with van der Waals surface area (Å²) in [6.07, 6.45) is 5.36. The lowest BCUT2D eigenvalue weighted by molar-refractivity contribution is 0.129. The largest absolute Gasteiger partial charge is 0.488 e. The Labute approximate surface area is 106 Å². The van der Waals surface area contributed by atoms with Crippen molar-refractivity contribution in [2.75, 3.05) is 0 Å². The second kappa shape index (κ2) is 5.90. The van der Waals surface area contributed by atoms with Crippen molar-refractivity contribution in [3.8, 4) is 5.75 Å². The monoisotopic (exact) mass is 232 g/mol. The molecule has 17 heavy (non-hydrogen) atoms. The van der Waals surface area contributed by atoms with Crippen LogP contribution in [0.2, 0.25) is 0 Å². The third-order valence-electron chi connectivity index (χ3n) is 2.54. The van der Waals surface area contributed by atoms with Crippen molar-refractivity contribution in [1.82, 2.24) is 0 Å². The highest BCUT2D eigenvalue weighted by Gasteiger charge is 2.14. The molecular weight excluding hydrogens is 208 g/mol. The molecule has 0 spiro atoms. The molecule has 0 aliphatic heterocycles. The van der Waals surface area contributed by atoms with E-state index in [1.165, 1.54) is 18.4 Å². The first kappa shape index (κ1) is 13.8. The first-order chi connectivity index (χ1) is 7.96. The smallest absolute Gasteiger partial charge is 0.123 e. The normalized spacial score (nSPS) is 11.3. The van der Waals surface area contributed by atoms with Crippen LogP contribution in [0.25, 0.3) is 6.08 Å². The van der Waals surface area contributed by atoms with Gasteiger partial charge in [-0.3, -0.25) is 0 Å². The van der Waals surface area contributed by atoms with Gasteiger partial charge in [-0.1, -0.05) is 32.1 Å². The maximum Gasteiger partial charge on any atom is 0.123 e. The molecule has 0 aromatic heterocycles. The number of ether oxygens (including phenoxy) is 1. The molecule has 0 fully saturated rings. The minimum Gasteiger partial charge on any atom is -0.488 e. The molecule has 0 amide bonds. The highest BCUT2D eigenvalue weighted by molar-refractivity contribution is 5.51. The Hall–Kier alpha value is -1.24. The molecule has 0 saturated heterocycles. The van der Waals surface area contributed by atoms with Gasteiger partial charge < -0.3 is 4.74 Å². The Balaban J connectivity index is 2.97. The number of hydrogen-bond acceptors (Lipinski definition) is 1. The summed E-state index contributed by atoms with van der Waals surface area (Å²) in [6, 6.07) is 6.31. The number of benzene rings is 1. The molecular formula is C16H24O. The standard InChI is InChI=1S/C16H24O/c1-6-8-9-14-12-13(7-2)10-11-15(14)17-16(3,4)5/h7,10-12H,2,6,8-9H2,1,3-5H3. The van der Waals surface area contributed by atoms with Crippen LogP contribution in [0.1, 0.15) is 51.7 Å². The van der Waals surface area contributed by atoms with Crippen molar-refractivity contribution in [2.24, 2.45) is 0 Å². The molecule has 94 valence electrons. The van der Waals surface area contributed by atoms with Gasteiger partial charge in [0.25, 0.3) is 0 Å². The van der Waals surface area contributed by atoms with Gasteiger partial charge in [0.15, 0.2) is 0 Å². The maximum absolute atomic E-state index is 6.00. The molecule has 1 aromatic rings. The summed E-state index contributed by atoms with van der Waals surface area (Å²) in [6.45, 7) is 12.3. The molecule has 0 bridgehead atoms. The Kier molecular flexibility index (Phi) is 4.80. The summed E-state index contributed by atoms with van der Waals surface area (Å²) >= 11 is 0. The predicted octanol–water partition coefficient (Wildman–Crippen LogP) is 4.85. The molecule has 1 aromatic carbocycles. The third kappa shape index (κ3) is 4.64. The van der Waals surface area contributed by atoms with E-state index in [0.29, 0.717) is 0 Å². The van der Waals surface area contributed by atoms with Gasteiger partial charge in [0, 0.05) is 0 Å². The van der Waals surface area contributed by atoms with Crippen LogP contribution in [0.4, 0.5) is 0 Å². The first-order valence-corrected chi connectivity index (χ1v) is 6.40. The van der Waals surface area contributed by atoms with Crippen LogP contribution < -0.4 is 4.74 Å². The van der Waals surface area contributed by atoms with E-state index in [4.69, 9.17) is 4.74 Å². The van der Waals surface area contributed by atoms with E-state index in [1.54, 1.807) is 0 Å². The molecule has 1 heteroatoms. The van der Waals surface area contributed by atoms with Crippen molar-refractivity contribution < 1.29 is 4.74 Å². The summed E-state index contributed by atoms with van der Waals surface area (Å²) < 4.78 is 6.00. The average molecular weight is 232 g/mol. The maximum atomic E-state index is 6.00. The molecule has 0 N–H and O–H groups in total. The first-order valence-electron chi connectivity index (χ1n) is 6.40. The highest BCUT2D eigenvalue weighted by atomic mass is 16.5. The summed E-state index contributed by atoms with van der Waals surface area (Å²) in [7, 11) is 0. The molecule has 0 saturated carbocycles. The number of hydrogen-bond donors (Lipinski definition) is 0. The van der Waals surface area contributed by atoms with Crippen molar-refractivity contribution >= 4 is 6.08 Å². The van der Waals surface area contributed by atoms with Gasteiger partial charge in [0.1, 0.15) is 11.4 Å². The van der Waals surface area contributed by atoms with E-state index >= 15 is 0 Å². The van der Waals surface area contributed by atoms with Gasteiger partial charge in [-0.05, 0) is 56.9 Å². The van der Waals surface area contributed by atoms with E-state index < -0.39 is 0 Å². The van der Waals surface area contributed by atoms with Gasteiger partial charge in [-0.25, -0.2) is 0 Å². The quantitative estimate of drug-likeness (QED) is 0.705. The zero-order valence-corrected chi connectivity index (χ0v) is 11.5. The number of unbranched alkanes of at least 4 members (excludes halogenated alkanes) is 1. The zero-order chi connectivity index (χ0) is 12.9. The van der Waals surface area contributed by atoms with Crippen LogP contribution >= 0.6 is 0 Å². The molecule has 0 aliphatic carbocycles. The second-order valence-corrected chi connectivity index (χ2v) is 5.39. The average Bonchev–Trinajstić information content (AvgIpc) is 2.26. The molecule has 0 atom stereocenters. The lowest BCUT2D eigenvalue weighted by atomic mass is 10.0. The fourth-order valence-corrected chi connectivity index (χ4v) is 1.72. The predicted molar refractivity (Wildman–Crippen MR) is 75.5 cm³/mol. The van der Waals surface area contributed by atoms with E-state index in [-0.39, 0.29) is 5.60 Å². The van der Waals surface area contributed by atoms with Crippen molar-refractivity contribution in [3.05, 3.63) is 35.9 Å². The van der Waals surface area contributed by atoms with Crippen LogP contribution in [0.5, 0.6) is 5.75 Å². The number of rotatable bonds is 5. The van der Waals surface area contributed by atoms with Crippen LogP contribution in [-0.4, -0.2) is 5.60 Å². The number of aryl methyl sites for hydroxylation is 1. The molecule has 0 aliphatic rings. The summed E-state index contributed by atoms with van der Waals surface area (Å²) in [5.74, 6) is 1.01. The molecule has 0 radical (unpaired) electrons. The third-order valence-corrected chi connectivity index (χ3v) is 2.54. The van der Waals surface area contributed by atoms with E-state index in [9.17, 15) is 0 Å². The molecule has 1 rings (SSSR count). The molecule has 0 unspecified atom stereocenters. The Morgan fingerprint density at radius 1 is 1.29 bits per heavy atom. The minimum atomic E-state index is -0.142. The highest BCUT2D eigenvalue weighted by Crippen LogP contribution is 2.26. The summed E-state index contributed by atoms with van der Waals surface area (Å²) in [5, 5.41) is 0. The Bertz CT molecular complexity index is 372. The van der Waals surface area contributed by atoms with E-state index in [1.807, 2.05) is 6.08 Å². The van der Waals surface area contributed by atoms with Crippen LogP contribution in [0, 0.1) is 0 Å². The van der Waals surface area contributed by atoms with Crippen molar-refractivity contribution in [3.63, 3.8) is 0 Å². The lowest BCUT2D eigenvalue weighted by Gasteiger charge is -2.23. The van der Waals surface area contributed by atoms with Gasteiger partial charge in [-0.2, -0.15) is 0 Å². The lowest BCUT2D eigenvalue weighted by Crippen LogP contribution is -2.23. The zero-order valence-electron chi connectivity index (χ0n) is 11.5.